The Morgan fingerprint density at radius 2 is 1.76 bits per heavy atom. The number of para-hydroxylation sites is 3. The van der Waals surface area contributed by atoms with Gasteiger partial charge in [-0.25, -0.2) is 0 Å². The van der Waals surface area contributed by atoms with Crippen molar-refractivity contribution in [1.29, 1.82) is 0 Å². The van der Waals surface area contributed by atoms with Crippen molar-refractivity contribution in [1.82, 2.24) is 9.90 Å². The van der Waals surface area contributed by atoms with Crippen molar-refractivity contribution in [3.63, 3.8) is 0 Å². The molecule has 0 aliphatic carbocycles. The smallest absolute Gasteiger partial charge is 0.250 e. The molecule has 0 aliphatic heterocycles. The van der Waals surface area contributed by atoms with Crippen molar-refractivity contribution in [3.8, 4) is 11.4 Å². The predicted octanol–water partition coefficient (Wildman–Crippen LogP) is 1.36. The van der Waals surface area contributed by atoms with Gasteiger partial charge in [0.1, 0.15) is 5.75 Å². The minimum Gasteiger partial charge on any atom is -0.692 e. The van der Waals surface area contributed by atoms with Gasteiger partial charge >= 0.3 is 0 Å². The van der Waals surface area contributed by atoms with Gasteiger partial charge in [-0.05, 0) is 29.1 Å². The first-order valence-electron chi connectivity index (χ1n) is 5.13. The van der Waals surface area contributed by atoms with Crippen LogP contribution < -0.4 is 4.85 Å². The van der Waals surface area contributed by atoms with Crippen LogP contribution in [0.4, 0.5) is 0 Å². The second-order valence-corrected chi connectivity index (χ2v) is 3.64. The van der Waals surface area contributed by atoms with E-state index >= 15 is 0 Å². The van der Waals surface area contributed by atoms with E-state index in [1.807, 2.05) is 6.07 Å². The van der Waals surface area contributed by atoms with Crippen LogP contribution in [-0.4, -0.2) is 15.0 Å². The van der Waals surface area contributed by atoms with Crippen LogP contribution in [0.1, 0.15) is 0 Å². The van der Waals surface area contributed by atoms with Crippen LogP contribution in [0.15, 0.2) is 48.5 Å². The first-order chi connectivity index (χ1) is 8.27. The van der Waals surface area contributed by atoms with Gasteiger partial charge in [0.2, 0.25) is 11.0 Å². The molecule has 0 amide bonds. The highest BCUT2D eigenvalue weighted by atomic mass is 16.5. The zero-order valence-corrected chi connectivity index (χ0v) is 8.82. The number of benzene rings is 2. The van der Waals surface area contributed by atoms with Gasteiger partial charge in [0.05, 0.1) is 5.10 Å². The molecule has 3 aromatic rings. The Labute approximate surface area is 96.7 Å². The topological polar surface area (TPSA) is 65.0 Å². The first kappa shape index (κ1) is 9.65. The van der Waals surface area contributed by atoms with Crippen molar-refractivity contribution < 1.29 is 9.95 Å². The molecule has 17 heavy (non-hydrogen) atoms. The highest BCUT2D eigenvalue weighted by Gasteiger charge is 2.17. The number of fused-ring (bicyclic) bond motifs is 1. The summed E-state index contributed by atoms with van der Waals surface area (Å²) in [6.07, 6.45) is 0. The van der Waals surface area contributed by atoms with Crippen molar-refractivity contribution in [2.24, 2.45) is 0 Å². The maximum Gasteiger partial charge on any atom is 0.250 e. The molecule has 0 atom stereocenters. The number of aromatic hydroxyl groups is 1. The number of hydrogen-bond donors (Lipinski definition) is 1. The van der Waals surface area contributed by atoms with E-state index < -0.39 is 0 Å². The lowest BCUT2D eigenvalue weighted by atomic mass is 10.3. The lowest BCUT2D eigenvalue weighted by Gasteiger charge is -2.04. The van der Waals surface area contributed by atoms with E-state index in [1.54, 1.807) is 36.4 Å². The Kier molecular flexibility index (Phi) is 1.98. The molecule has 0 aliphatic rings. The van der Waals surface area contributed by atoms with Gasteiger partial charge in [-0.15, -0.1) is 4.85 Å². The standard InChI is InChI=1S/C12H9N3O2/c16-12-8-4-3-7-11(12)14-13-9-5-1-2-6-10(9)15(14)17/h1-8,16H. The van der Waals surface area contributed by atoms with Gasteiger partial charge in [-0.1, -0.05) is 24.3 Å². The molecule has 2 aromatic carbocycles. The zero-order chi connectivity index (χ0) is 11.8. The van der Waals surface area contributed by atoms with Crippen LogP contribution in [0.3, 0.4) is 0 Å². The number of phenolic OH excluding ortho intramolecular Hbond substituents is 1. The molecule has 0 spiro atoms. The summed E-state index contributed by atoms with van der Waals surface area (Å²) in [4.78, 5) is 1.80. The summed E-state index contributed by atoms with van der Waals surface area (Å²) in [6.45, 7) is 0. The molecule has 0 bridgehead atoms. The molecule has 0 saturated carbocycles. The monoisotopic (exact) mass is 227 g/mol. The average molecular weight is 227 g/mol. The number of nitrogens with zero attached hydrogens (tertiary/aromatic N) is 3. The Morgan fingerprint density at radius 3 is 2.53 bits per heavy atom. The third-order valence-corrected chi connectivity index (χ3v) is 2.56. The maximum absolute atomic E-state index is 12.0. The van der Waals surface area contributed by atoms with Gasteiger partial charge in [0.15, 0.2) is 5.69 Å². The summed E-state index contributed by atoms with van der Waals surface area (Å²) in [6, 6.07) is 13.6. The predicted molar refractivity (Wildman–Crippen MR) is 61.7 cm³/mol. The number of hydrogen-bond acceptors (Lipinski definition) is 3. The Hall–Kier alpha value is -2.56. The fourth-order valence-electron chi connectivity index (χ4n) is 1.74. The van der Waals surface area contributed by atoms with Gasteiger partial charge in [0, 0.05) is 0 Å². The van der Waals surface area contributed by atoms with Crippen molar-refractivity contribution in [2.75, 3.05) is 0 Å². The zero-order valence-electron chi connectivity index (χ0n) is 8.82. The highest BCUT2D eigenvalue weighted by Crippen LogP contribution is 2.19. The van der Waals surface area contributed by atoms with E-state index in [-0.39, 0.29) is 5.75 Å². The molecule has 5 nitrogen and oxygen atoms in total. The normalized spacial score (nSPS) is 10.8. The fraction of sp³-hybridized carbons (Fsp3) is 0. The largest absolute Gasteiger partial charge is 0.692 e. The van der Waals surface area contributed by atoms with E-state index in [1.165, 1.54) is 6.07 Å². The highest BCUT2D eigenvalue weighted by molar-refractivity contribution is 5.70. The van der Waals surface area contributed by atoms with Crippen LogP contribution in [0.5, 0.6) is 5.75 Å². The van der Waals surface area contributed by atoms with Crippen LogP contribution >= 0.6 is 0 Å². The molecule has 0 radical (unpaired) electrons. The minimum absolute atomic E-state index is 0.0184. The number of aromatic nitrogens is 3. The molecule has 1 heterocycles. The summed E-state index contributed by atoms with van der Waals surface area (Å²) in [5, 5.41) is 25.8. The van der Waals surface area contributed by atoms with E-state index in [0.717, 1.165) is 4.80 Å². The van der Waals surface area contributed by atoms with Crippen LogP contribution in [0.25, 0.3) is 16.7 Å². The second-order valence-electron chi connectivity index (χ2n) is 3.64. The van der Waals surface area contributed by atoms with Crippen LogP contribution in [-0.2, 0) is 0 Å². The average Bonchev–Trinajstić information content (AvgIpc) is 2.68. The summed E-state index contributed by atoms with van der Waals surface area (Å²) in [5.74, 6) is 0.0184. The quantitative estimate of drug-likeness (QED) is 0.504. The van der Waals surface area contributed by atoms with Gasteiger partial charge < -0.3 is 10.3 Å². The number of rotatable bonds is 1. The molecule has 5 heteroatoms. The molecule has 0 fully saturated rings. The van der Waals surface area contributed by atoms with Gasteiger partial charge in [0.25, 0.3) is 0 Å². The lowest BCUT2D eigenvalue weighted by molar-refractivity contribution is -0.664. The molecular weight excluding hydrogens is 218 g/mol. The Morgan fingerprint density at radius 1 is 1.06 bits per heavy atom. The Balaban J connectivity index is 2.32. The minimum atomic E-state index is 0.0184. The fourth-order valence-corrected chi connectivity index (χ4v) is 1.74. The van der Waals surface area contributed by atoms with Crippen molar-refractivity contribution >= 4 is 11.0 Å². The lowest BCUT2D eigenvalue weighted by Crippen LogP contribution is -2.37. The van der Waals surface area contributed by atoms with E-state index in [0.29, 0.717) is 21.6 Å². The summed E-state index contributed by atoms with van der Waals surface area (Å²) in [7, 11) is 0. The van der Waals surface area contributed by atoms with Crippen molar-refractivity contribution in [3.05, 3.63) is 53.7 Å². The second kappa shape index (κ2) is 3.48. The third kappa shape index (κ3) is 1.40. The van der Waals surface area contributed by atoms with Gasteiger partial charge in [-0.2, -0.15) is 0 Å². The van der Waals surface area contributed by atoms with Crippen LogP contribution in [0.2, 0.25) is 0 Å². The Bertz CT molecular complexity index is 691. The molecule has 1 N–H and O–H groups in total. The summed E-state index contributed by atoms with van der Waals surface area (Å²) >= 11 is 0. The van der Waals surface area contributed by atoms with E-state index in [2.05, 4.69) is 5.10 Å². The van der Waals surface area contributed by atoms with Crippen LogP contribution in [0, 0.1) is 5.21 Å². The van der Waals surface area contributed by atoms with Gasteiger partial charge in [-0.3, -0.25) is 0 Å². The SMILES string of the molecule is [O-][n+]1c2ccccc2nn1-c1ccccc1O. The van der Waals surface area contributed by atoms with E-state index in [4.69, 9.17) is 0 Å². The summed E-state index contributed by atoms with van der Waals surface area (Å²) in [5.41, 5.74) is 1.42. The third-order valence-electron chi connectivity index (χ3n) is 2.56. The molecule has 0 unspecified atom stereocenters. The molecule has 0 saturated heterocycles. The van der Waals surface area contributed by atoms with E-state index in [9.17, 15) is 10.3 Å². The molecular formula is C12H9N3O2. The first-order valence-corrected chi connectivity index (χ1v) is 5.13. The molecule has 1 aromatic heterocycles. The summed E-state index contributed by atoms with van der Waals surface area (Å²) < 4.78 is 0. The maximum atomic E-state index is 12.0. The number of phenols is 1. The molecule has 84 valence electrons. The molecule has 3 rings (SSSR count). The van der Waals surface area contributed by atoms with Crippen molar-refractivity contribution in [2.45, 2.75) is 0 Å².